The smallest absolute Gasteiger partial charge is 0.257 e. The topological polar surface area (TPSA) is 61.7 Å². The van der Waals surface area contributed by atoms with Crippen LogP contribution in [-0.2, 0) is 4.79 Å². The van der Waals surface area contributed by atoms with Crippen molar-refractivity contribution >= 4 is 11.6 Å². The molecule has 2 N–H and O–H groups in total. The Morgan fingerprint density at radius 1 is 1.24 bits per heavy atom. The summed E-state index contributed by atoms with van der Waals surface area (Å²) in [5.74, 6) is -0.167. The Morgan fingerprint density at radius 3 is 2.62 bits per heavy atom. The molecule has 0 unspecified atom stereocenters. The third kappa shape index (κ3) is 3.94. The average molecular weight is 286 g/mol. The van der Waals surface area contributed by atoms with E-state index in [-0.39, 0.29) is 18.2 Å². The van der Waals surface area contributed by atoms with E-state index in [1.54, 1.807) is 0 Å². The molecule has 0 aliphatic carbocycles. The fraction of sp³-hybridized carbons (Fsp3) is 0.412. The molecule has 1 heterocycles. The molecule has 2 rings (SSSR count). The summed E-state index contributed by atoms with van der Waals surface area (Å²) in [5, 5.41) is 12.6. The van der Waals surface area contributed by atoms with Crippen molar-refractivity contribution in [3.63, 3.8) is 0 Å². The van der Waals surface area contributed by atoms with E-state index < -0.39 is 0 Å². The molecular formula is C17H22N2O2. The van der Waals surface area contributed by atoms with Gasteiger partial charge in [0.15, 0.2) is 0 Å². The summed E-state index contributed by atoms with van der Waals surface area (Å²) in [5.41, 5.74) is 1.78. The molecule has 0 saturated heterocycles. The molecule has 1 aromatic rings. The first-order valence-corrected chi connectivity index (χ1v) is 7.54. The van der Waals surface area contributed by atoms with Crippen LogP contribution in [0.4, 0.5) is 0 Å². The second kappa shape index (κ2) is 7.62. The van der Waals surface area contributed by atoms with E-state index in [2.05, 4.69) is 17.2 Å². The summed E-state index contributed by atoms with van der Waals surface area (Å²) in [6, 6.07) is 9.57. The van der Waals surface area contributed by atoms with Crippen LogP contribution < -0.4 is 5.32 Å². The highest BCUT2D eigenvalue weighted by atomic mass is 16.3. The third-order valence-corrected chi connectivity index (χ3v) is 3.50. The summed E-state index contributed by atoms with van der Waals surface area (Å²) >= 11 is 0. The van der Waals surface area contributed by atoms with Crippen LogP contribution in [0.1, 0.15) is 38.2 Å². The Labute approximate surface area is 125 Å². The van der Waals surface area contributed by atoms with E-state index in [1.807, 2.05) is 30.3 Å². The summed E-state index contributed by atoms with van der Waals surface area (Å²) in [4.78, 5) is 16.5. The molecule has 1 amide bonds. The lowest BCUT2D eigenvalue weighted by Crippen LogP contribution is -2.21. The SMILES string of the molecule is CCCCCCN=C(C1=C(O)CNC1=O)c1ccccc1. The largest absolute Gasteiger partial charge is 0.510 e. The maximum atomic E-state index is 11.9. The second-order valence-electron chi connectivity index (χ2n) is 5.16. The molecule has 0 bridgehead atoms. The van der Waals surface area contributed by atoms with Crippen molar-refractivity contribution in [3.8, 4) is 0 Å². The van der Waals surface area contributed by atoms with Crippen LogP contribution in [0.2, 0.25) is 0 Å². The van der Waals surface area contributed by atoms with Crippen LogP contribution in [0.15, 0.2) is 46.7 Å². The predicted molar refractivity (Wildman–Crippen MR) is 84.7 cm³/mol. The molecular weight excluding hydrogens is 264 g/mol. The first-order valence-electron chi connectivity index (χ1n) is 7.54. The monoisotopic (exact) mass is 286 g/mol. The highest BCUT2D eigenvalue weighted by Gasteiger charge is 2.27. The zero-order valence-electron chi connectivity index (χ0n) is 12.4. The van der Waals surface area contributed by atoms with Gasteiger partial charge < -0.3 is 10.4 Å². The lowest BCUT2D eigenvalue weighted by molar-refractivity contribution is -0.116. The van der Waals surface area contributed by atoms with Crippen molar-refractivity contribution in [2.75, 3.05) is 13.1 Å². The minimum Gasteiger partial charge on any atom is -0.510 e. The van der Waals surface area contributed by atoms with Gasteiger partial charge in [0.1, 0.15) is 11.3 Å². The molecule has 1 aliphatic rings. The van der Waals surface area contributed by atoms with Gasteiger partial charge >= 0.3 is 0 Å². The Morgan fingerprint density at radius 2 is 2.00 bits per heavy atom. The van der Waals surface area contributed by atoms with Gasteiger partial charge in [-0.15, -0.1) is 0 Å². The maximum absolute atomic E-state index is 11.9. The Kier molecular flexibility index (Phi) is 5.55. The molecule has 0 aromatic heterocycles. The normalized spacial score (nSPS) is 15.5. The van der Waals surface area contributed by atoms with E-state index in [0.717, 1.165) is 18.4 Å². The molecule has 0 saturated carbocycles. The second-order valence-corrected chi connectivity index (χ2v) is 5.16. The lowest BCUT2D eigenvalue weighted by Gasteiger charge is -2.08. The number of aliphatic hydroxyl groups is 1. The van der Waals surface area contributed by atoms with Crippen molar-refractivity contribution < 1.29 is 9.90 Å². The van der Waals surface area contributed by atoms with E-state index in [0.29, 0.717) is 17.8 Å². The average Bonchev–Trinajstić information content (AvgIpc) is 2.83. The number of aliphatic imine (C=N–C) groups is 1. The van der Waals surface area contributed by atoms with Crippen molar-refractivity contribution in [3.05, 3.63) is 47.2 Å². The Bertz CT molecular complexity index is 547. The quantitative estimate of drug-likeness (QED) is 0.598. The van der Waals surface area contributed by atoms with Crippen LogP contribution in [-0.4, -0.2) is 29.8 Å². The number of unbranched alkanes of at least 4 members (excludes halogenated alkanes) is 3. The van der Waals surface area contributed by atoms with E-state index >= 15 is 0 Å². The van der Waals surface area contributed by atoms with Crippen LogP contribution in [0.25, 0.3) is 0 Å². The standard InChI is InChI=1S/C17H22N2O2/c1-2-3-4-8-11-18-16(13-9-6-5-7-10-13)15-14(20)12-19-17(15)21/h5-7,9-10,20H,2-4,8,11-12H2,1H3,(H,19,21). The zero-order valence-corrected chi connectivity index (χ0v) is 12.4. The molecule has 0 fully saturated rings. The molecule has 21 heavy (non-hydrogen) atoms. The van der Waals surface area contributed by atoms with Gasteiger partial charge in [0, 0.05) is 12.1 Å². The van der Waals surface area contributed by atoms with Gasteiger partial charge in [-0.25, -0.2) is 0 Å². The van der Waals surface area contributed by atoms with E-state index in [4.69, 9.17) is 0 Å². The van der Waals surface area contributed by atoms with Gasteiger partial charge in [0.05, 0.1) is 12.3 Å². The Balaban J connectivity index is 2.21. The van der Waals surface area contributed by atoms with Crippen molar-refractivity contribution in [2.45, 2.75) is 32.6 Å². The molecule has 1 aliphatic heterocycles. The minimum absolute atomic E-state index is 0.0798. The van der Waals surface area contributed by atoms with Crippen LogP contribution in [0, 0.1) is 0 Å². The number of nitrogens with one attached hydrogen (secondary N) is 1. The first kappa shape index (κ1) is 15.3. The van der Waals surface area contributed by atoms with Crippen LogP contribution in [0.5, 0.6) is 0 Å². The lowest BCUT2D eigenvalue weighted by atomic mass is 10.0. The number of nitrogens with zero attached hydrogens (tertiary/aromatic N) is 1. The highest BCUT2D eigenvalue weighted by Crippen LogP contribution is 2.17. The van der Waals surface area contributed by atoms with Gasteiger partial charge in [-0.2, -0.15) is 0 Å². The van der Waals surface area contributed by atoms with Gasteiger partial charge in [-0.05, 0) is 6.42 Å². The highest BCUT2D eigenvalue weighted by molar-refractivity contribution is 6.29. The molecule has 112 valence electrons. The number of hydrogen-bond donors (Lipinski definition) is 2. The first-order chi connectivity index (χ1) is 10.2. The predicted octanol–water partition coefficient (Wildman–Crippen LogP) is 3.00. The van der Waals surface area contributed by atoms with E-state index in [9.17, 15) is 9.90 Å². The summed E-state index contributed by atoms with van der Waals surface area (Å²) in [7, 11) is 0. The molecule has 0 spiro atoms. The van der Waals surface area contributed by atoms with Crippen molar-refractivity contribution in [2.24, 2.45) is 4.99 Å². The van der Waals surface area contributed by atoms with Crippen molar-refractivity contribution in [1.82, 2.24) is 5.32 Å². The number of rotatable bonds is 7. The molecule has 1 aromatic carbocycles. The fourth-order valence-electron chi connectivity index (χ4n) is 2.36. The van der Waals surface area contributed by atoms with Crippen LogP contribution >= 0.6 is 0 Å². The summed E-state index contributed by atoms with van der Waals surface area (Å²) < 4.78 is 0. The van der Waals surface area contributed by atoms with Gasteiger partial charge in [0.25, 0.3) is 5.91 Å². The van der Waals surface area contributed by atoms with Crippen molar-refractivity contribution in [1.29, 1.82) is 0 Å². The number of carbonyl (C=O) groups excluding carboxylic acids is 1. The number of aliphatic hydroxyl groups excluding tert-OH is 1. The number of hydrogen-bond acceptors (Lipinski definition) is 3. The summed E-state index contributed by atoms with van der Waals surface area (Å²) in [6.07, 6.45) is 4.52. The number of carbonyl (C=O) groups is 1. The zero-order chi connectivity index (χ0) is 15.1. The molecule has 0 radical (unpaired) electrons. The third-order valence-electron chi connectivity index (χ3n) is 3.50. The maximum Gasteiger partial charge on any atom is 0.257 e. The molecule has 4 heteroatoms. The van der Waals surface area contributed by atoms with Gasteiger partial charge in [-0.3, -0.25) is 9.79 Å². The molecule has 4 nitrogen and oxygen atoms in total. The van der Waals surface area contributed by atoms with Crippen LogP contribution in [0.3, 0.4) is 0 Å². The van der Waals surface area contributed by atoms with E-state index in [1.165, 1.54) is 12.8 Å². The molecule has 0 atom stereocenters. The number of benzene rings is 1. The van der Waals surface area contributed by atoms with Gasteiger partial charge in [0.2, 0.25) is 0 Å². The Hall–Kier alpha value is -2.10. The minimum atomic E-state index is -0.247. The fourth-order valence-corrected chi connectivity index (χ4v) is 2.36. The number of amides is 1. The van der Waals surface area contributed by atoms with Gasteiger partial charge in [-0.1, -0.05) is 56.5 Å². The summed E-state index contributed by atoms with van der Waals surface area (Å²) in [6.45, 7) is 3.04.